The van der Waals surface area contributed by atoms with Crippen LogP contribution >= 0.6 is 35.6 Å². The summed E-state index contributed by atoms with van der Waals surface area (Å²) in [4.78, 5) is 6.57. The van der Waals surface area contributed by atoms with Crippen molar-refractivity contribution >= 4 is 41.5 Å². The van der Waals surface area contributed by atoms with E-state index in [1.807, 2.05) is 38.2 Å². The van der Waals surface area contributed by atoms with Crippen LogP contribution < -0.4 is 5.32 Å². The molecule has 23 heavy (non-hydrogen) atoms. The SMILES string of the molecule is C=CCCCN(C)C(=NCC(O)c1ccccc1Cl)NCC.I. The Kier molecular flexibility index (Phi) is 12.2. The van der Waals surface area contributed by atoms with Crippen LogP contribution in [0.25, 0.3) is 0 Å². The molecule has 0 aliphatic carbocycles. The molecular formula is C17H27ClIN3O. The van der Waals surface area contributed by atoms with E-state index in [4.69, 9.17) is 11.6 Å². The number of aliphatic hydroxyl groups excluding tert-OH is 1. The molecule has 4 nitrogen and oxygen atoms in total. The van der Waals surface area contributed by atoms with Crippen LogP contribution in [-0.2, 0) is 0 Å². The lowest BCUT2D eigenvalue weighted by molar-refractivity contribution is 0.187. The van der Waals surface area contributed by atoms with Gasteiger partial charge in [0.2, 0.25) is 0 Å². The molecule has 0 saturated carbocycles. The lowest BCUT2D eigenvalue weighted by atomic mass is 10.1. The molecule has 1 aromatic carbocycles. The zero-order valence-electron chi connectivity index (χ0n) is 13.8. The fourth-order valence-corrected chi connectivity index (χ4v) is 2.33. The quantitative estimate of drug-likeness (QED) is 0.207. The number of aliphatic hydroxyl groups is 1. The lowest BCUT2D eigenvalue weighted by Crippen LogP contribution is -2.39. The summed E-state index contributed by atoms with van der Waals surface area (Å²) in [6.07, 6.45) is 3.21. The van der Waals surface area contributed by atoms with Gasteiger partial charge in [0, 0.05) is 30.7 Å². The predicted molar refractivity (Wildman–Crippen MR) is 110 cm³/mol. The molecule has 0 saturated heterocycles. The molecule has 0 aromatic heterocycles. The molecule has 1 atom stereocenters. The first-order valence-corrected chi connectivity index (χ1v) is 8.00. The number of unbranched alkanes of at least 4 members (excludes halogenated alkanes) is 1. The van der Waals surface area contributed by atoms with Crippen LogP contribution in [0.2, 0.25) is 5.02 Å². The summed E-state index contributed by atoms with van der Waals surface area (Å²) in [6.45, 7) is 7.70. The fraction of sp³-hybridized carbons (Fsp3) is 0.471. The highest BCUT2D eigenvalue weighted by atomic mass is 127. The molecule has 6 heteroatoms. The summed E-state index contributed by atoms with van der Waals surface area (Å²) in [6, 6.07) is 7.31. The third-order valence-electron chi connectivity index (χ3n) is 3.28. The number of nitrogens with zero attached hydrogens (tertiary/aromatic N) is 2. The van der Waals surface area contributed by atoms with Crippen LogP contribution in [0.15, 0.2) is 41.9 Å². The number of benzene rings is 1. The van der Waals surface area contributed by atoms with Crippen molar-refractivity contribution in [3.05, 3.63) is 47.5 Å². The molecule has 0 bridgehead atoms. The second-order valence-corrected chi connectivity index (χ2v) is 5.49. The molecule has 2 N–H and O–H groups in total. The van der Waals surface area contributed by atoms with Crippen LogP contribution in [0.4, 0.5) is 0 Å². The van der Waals surface area contributed by atoms with Gasteiger partial charge >= 0.3 is 0 Å². The molecule has 0 radical (unpaired) electrons. The molecule has 1 rings (SSSR count). The fourth-order valence-electron chi connectivity index (χ4n) is 2.07. The molecule has 0 aliphatic rings. The summed E-state index contributed by atoms with van der Waals surface area (Å²) < 4.78 is 0. The van der Waals surface area contributed by atoms with E-state index < -0.39 is 6.10 Å². The molecule has 1 unspecified atom stereocenters. The third-order valence-corrected chi connectivity index (χ3v) is 3.62. The summed E-state index contributed by atoms with van der Waals surface area (Å²) >= 11 is 6.10. The first-order chi connectivity index (χ1) is 10.6. The zero-order valence-corrected chi connectivity index (χ0v) is 16.9. The maximum absolute atomic E-state index is 10.3. The molecule has 130 valence electrons. The maximum atomic E-state index is 10.3. The highest BCUT2D eigenvalue weighted by Gasteiger charge is 2.12. The summed E-state index contributed by atoms with van der Waals surface area (Å²) in [5.41, 5.74) is 0.707. The van der Waals surface area contributed by atoms with Crippen LogP contribution in [0.1, 0.15) is 31.4 Å². The first-order valence-electron chi connectivity index (χ1n) is 7.63. The second-order valence-electron chi connectivity index (χ2n) is 5.08. The van der Waals surface area contributed by atoms with Crippen molar-refractivity contribution in [2.24, 2.45) is 4.99 Å². The average molecular weight is 452 g/mol. The molecular weight excluding hydrogens is 425 g/mol. The number of nitrogens with one attached hydrogen (secondary N) is 1. The van der Waals surface area contributed by atoms with E-state index in [2.05, 4.69) is 21.8 Å². The van der Waals surface area contributed by atoms with Gasteiger partial charge in [0.1, 0.15) is 6.10 Å². The maximum Gasteiger partial charge on any atom is 0.193 e. The van der Waals surface area contributed by atoms with Crippen LogP contribution in [-0.4, -0.2) is 42.6 Å². The molecule has 0 heterocycles. The Hall–Kier alpha value is -0.790. The van der Waals surface area contributed by atoms with E-state index in [1.165, 1.54) is 0 Å². The summed E-state index contributed by atoms with van der Waals surface area (Å²) in [5.74, 6) is 0.790. The Labute approximate surface area is 161 Å². The van der Waals surface area contributed by atoms with Gasteiger partial charge in [0.25, 0.3) is 0 Å². The van der Waals surface area contributed by atoms with Crippen LogP contribution in [0.5, 0.6) is 0 Å². The molecule has 1 aromatic rings. The number of allylic oxidation sites excluding steroid dienone is 1. The number of hydrogen-bond acceptors (Lipinski definition) is 2. The van der Waals surface area contributed by atoms with E-state index in [9.17, 15) is 5.11 Å². The van der Waals surface area contributed by atoms with Gasteiger partial charge in [0.05, 0.1) is 6.54 Å². The first kappa shape index (κ1) is 22.2. The smallest absolute Gasteiger partial charge is 0.193 e. The largest absolute Gasteiger partial charge is 0.386 e. The average Bonchev–Trinajstić information content (AvgIpc) is 2.51. The molecule has 0 spiro atoms. The van der Waals surface area contributed by atoms with E-state index in [0.29, 0.717) is 10.6 Å². The van der Waals surface area contributed by atoms with Gasteiger partial charge in [-0.15, -0.1) is 30.6 Å². The van der Waals surface area contributed by atoms with Gasteiger partial charge in [-0.1, -0.05) is 35.9 Å². The number of aliphatic imine (C=N–C) groups is 1. The summed E-state index contributed by atoms with van der Waals surface area (Å²) in [5, 5.41) is 14.1. The molecule has 0 amide bonds. The van der Waals surface area contributed by atoms with E-state index in [-0.39, 0.29) is 30.5 Å². The van der Waals surface area contributed by atoms with Crippen molar-refractivity contribution in [3.8, 4) is 0 Å². The minimum absolute atomic E-state index is 0. The normalized spacial score (nSPS) is 12.3. The van der Waals surface area contributed by atoms with Gasteiger partial charge in [0.15, 0.2) is 5.96 Å². The van der Waals surface area contributed by atoms with Gasteiger partial charge in [-0.05, 0) is 25.8 Å². The highest BCUT2D eigenvalue weighted by molar-refractivity contribution is 14.0. The Morgan fingerprint density at radius 1 is 1.48 bits per heavy atom. The standard InChI is InChI=1S/C17H26ClN3O.HI/c1-4-6-9-12-21(3)17(19-5-2)20-13-16(22)14-10-7-8-11-15(14)18;/h4,7-8,10-11,16,22H,1,5-6,9,12-13H2,2-3H3,(H,19,20);1H. The Morgan fingerprint density at radius 3 is 2.78 bits per heavy atom. The second kappa shape index (κ2) is 12.6. The number of rotatable bonds is 8. The lowest BCUT2D eigenvalue weighted by Gasteiger charge is -2.22. The minimum Gasteiger partial charge on any atom is -0.386 e. The van der Waals surface area contributed by atoms with Gasteiger partial charge in [-0.2, -0.15) is 0 Å². The summed E-state index contributed by atoms with van der Waals surface area (Å²) in [7, 11) is 1.99. The van der Waals surface area contributed by atoms with Crippen molar-refractivity contribution in [2.45, 2.75) is 25.9 Å². The third kappa shape index (κ3) is 8.04. The monoisotopic (exact) mass is 451 g/mol. The number of guanidine groups is 1. The number of hydrogen-bond donors (Lipinski definition) is 2. The van der Waals surface area contributed by atoms with E-state index in [1.54, 1.807) is 6.07 Å². The number of halogens is 2. The van der Waals surface area contributed by atoms with Gasteiger partial charge in [-0.25, -0.2) is 0 Å². The highest BCUT2D eigenvalue weighted by Crippen LogP contribution is 2.22. The predicted octanol–water partition coefficient (Wildman–Crippen LogP) is 3.85. The Balaban J connectivity index is 0.00000484. The van der Waals surface area contributed by atoms with Crippen LogP contribution in [0, 0.1) is 0 Å². The molecule has 0 fully saturated rings. The zero-order chi connectivity index (χ0) is 16.4. The van der Waals surface area contributed by atoms with Crippen molar-refractivity contribution in [3.63, 3.8) is 0 Å². The molecule has 0 aliphatic heterocycles. The Bertz CT molecular complexity index is 496. The minimum atomic E-state index is -0.705. The van der Waals surface area contributed by atoms with Gasteiger partial charge < -0.3 is 15.3 Å². The topological polar surface area (TPSA) is 47.9 Å². The van der Waals surface area contributed by atoms with Gasteiger partial charge in [-0.3, -0.25) is 4.99 Å². The van der Waals surface area contributed by atoms with Crippen LogP contribution in [0.3, 0.4) is 0 Å². The van der Waals surface area contributed by atoms with Crippen molar-refractivity contribution in [1.29, 1.82) is 0 Å². The van der Waals surface area contributed by atoms with Crippen molar-refractivity contribution in [2.75, 3.05) is 26.7 Å². The van der Waals surface area contributed by atoms with Crippen molar-refractivity contribution < 1.29 is 5.11 Å². The van der Waals surface area contributed by atoms with Crippen molar-refractivity contribution in [1.82, 2.24) is 10.2 Å². The Morgan fingerprint density at radius 2 is 2.17 bits per heavy atom. The van der Waals surface area contributed by atoms with E-state index in [0.717, 1.165) is 31.9 Å². The van der Waals surface area contributed by atoms with E-state index >= 15 is 0 Å².